The van der Waals surface area contributed by atoms with E-state index >= 15 is 0 Å². The first-order chi connectivity index (χ1) is 31.2. The van der Waals surface area contributed by atoms with Gasteiger partial charge in [-0.2, -0.15) is 0 Å². The third kappa shape index (κ3) is 13.7. The van der Waals surface area contributed by atoms with Crippen LogP contribution in [0.1, 0.15) is 121 Å². The fraction of sp³-hybridized carbons (Fsp3) is 0.471. The number of halogens is 2. The first-order valence-electron chi connectivity index (χ1n) is 22.3. The van der Waals surface area contributed by atoms with Gasteiger partial charge in [0.2, 0.25) is 0 Å². The van der Waals surface area contributed by atoms with Crippen molar-refractivity contribution in [3.63, 3.8) is 0 Å². The number of alkyl halides is 2. The zero-order chi connectivity index (χ0) is 49.0. The number of aliphatic hydroxyl groups is 3. The van der Waals surface area contributed by atoms with Crippen LogP contribution < -0.4 is 0 Å². The maximum absolute atomic E-state index is 13.1. The van der Waals surface area contributed by atoms with E-state index in [9.17, 15) is 34.8 Å². The maximum atomic E-state index is 13.1. The topological polar surface area (TPSA) is 195 Å². The fourth-order valence-electron chi connectivity index (χ4n) is 7.25. The summed E-state index contributed by atoms with van der Waals surface area (Å²) in [6, 6.07) is 6.72. The molecule has 4 aromatic rings. The highest BCUT2D eigenvalue weighted by Gasteiger charge is 2.43. The van der Waals surface area contributed by atoms with Crippen LogP contribution in [0, 0.1) is 18.8 Å². The SMILES string of the molecule is C.CCC(Cl)Cl.C[C@@H]1/C=C\C(=O)[C@@H](O)[C@@H](O)C/C=C/c2c(c(O)cc3occc23)C(=O)O[C@H]1C.Cc1cc2occc2c2c1C(=O)O[C@@H](C)[C@H](C)/C=C\C(O)[C@H]1OC(C)(C)O[C@H]1CC=C2.[3H]C. The molecule has 66 heavy (non-hydrogen) atoms. The molecular weight excluding hydrogens is 891 g/mol. The van der Waals surface area contributed by atoms with Crippen LogP contribution in [0.5, 0.6) is 5.75 Å². The lowest BCUT2D eigenvalue weighted by molar-refractivity contribution is -0.152. The van der Waals surface area contributed by atoms with Crippen LogP contribution in [0.3, 0.4) is 0 Å². The number of phenols is 1. The van der Waals surface area contributed by atoms with E-state index in [1.54, 1.807) is 32.3 Å². The molecule has 2 aromatic carbocycles. The van der Waals surface area contributed by atoms with Crippen LogP contribution in [0.2, 0.25) is 0 Å². The summed E-state index contributed by atoms with van der Waals surface area (Å²) in [5.74, 6) is -3.20. The molecule has 0 saturated carbocycles. The van der Waals surface area contributed by atoms with Crippen molar-refractivity contribution in [2.75, 3.05) is 0 Å². The Morgan fingerprint density at radius 2 is 1.29 bits per heavy atom. The molecule has 13 nitrogen and oxygen atoms in total. The predicted octanol–water partition coefficient (Wildman–Crippen LogP) is 10.8. The van der Waals surface area contributed by atoms with Crippen molar-refractivity contribution < 1.29 is 64.0 Å². The van der Waals surface area contributed by atoms with Gasteiger partial charge in [0.05, 0.1) is 30.3 Å². The van der Waals surface area contributed by atoms with E-state index in [1.165, 1.54) is 44.0 Å². The lowest BCUT2D eigenvalue weighted by atomic mass is 9.96. The largest absolute Gasteiger partial charge is 0.507 e. The third-order valence-corrected chi connectivity index (χ3v) is 11.9. The summed E-state index contributed by atoms with van der Waals surface area (Å²) < 4.78 is 40.0. The van der Waals surface area contributed by atoms with Gasteiger partial charge < -0.3 is 48.2 Å². The number of phenolic OH excluding ortho intramolecular Hbond substituents is 1. The molecule has 7 rings (SSSR count). The summed E-state index contributed by atoms with van der Waals surface area (Å²) in [6.45, 7) is 14.7. The Morgan fingerprint density at radius 1 is 0.773 bits per heavy atom. The van der Waals surface area contributed by atoms with Crippen molar-refractivity contribution >= 4 is 75.0 Å². The van der Waals surface area contributed by atoms with Crippen molar-refractivity contribution in [3.8, 4) is 5.75 Å². The van der Waals surface area contributed by atoms with Gasteiger partial charge in [0, 0.05) is 35.6 Å². The number of ketones is 1. The molecule has 9 atom stereocenters. The molecule has 1 saturated heterocycles. The molecule has 15 heteroatoms. The average Bonchev–Trinajstić information content (AvgIpc) is 4.02. The van der Waals surface area contributed by atoms with Gasteiger partial charge in [-0.1, -0.05) is 78.1 Å². The summed E-state index contributed by atoms with van der Waals surface area (Å²) >= 11 is 10.5. The molecule has 362 valence electrons. The second kappa shape index (κ2) is 24.3. The van der Waals surface area contributed by atoms with Gasteiger partial charge in [-0.05, 0) is 89.3 Å². The number of aliphatic hydroxyl groups excluding tert-OH is 3. The number of furan rings is 2. The quantitative estimate of drug-likeness (QED) is 0.0800. The molecule has 2 aromatic heterocycles. The van der Waals surface area contributed by atoms with E-state index in [0.717, 1.165) is 22.9 Å². The Bertz CT molecular complexity index is 2400. The van der Waals surface area contributed by atoms with Crippen molar-refractivity contribution in [3.05, 3.63) is 101 Å². The van der Waals surface area contributed by atoms with E-state index < -0.39 is 48.1 Å². The van der Waals surface area contributed by atoms with Gasteiger partial charge >= 0.3 is 11.9 Å². The van der Waals surface area contributed by atoms with Gasteiger partial charge in [0.1, 0.15) is 57.8 Å². The molecule has 5 heterocycles. The number of aryl methyl sites for hydroxylation is 1. The van der Waals surface area contributed by atoms with E-state index in [-0.39, 0.29) is 60.0 Å². The van der Waals surface area contributed by atoms with Crippen molar-refractivity contribution in [2.45, 2.75) is 143 Å². The lowest BCUT2D eigenvalue weighted by Crippen LogP contribution is -2.34. The van der Waals surface area contributed by atoms with E-state index in [2.05, 4.69) is 0 Å². The Labute approximate surface area is 399 Å². The fourth-order valence-corrected chi connectivity index (χ4v) is 7.25. The van der Waals surface area contributed by atoms with Crippen LogP contribution >= 0.6 is 23.2 Å². The summed E-state index contributed by atoms with van der Waals surface area (Å²) in [5, 5.41) is 42.7. The van der Waals surface area contributed by atoms with E-state index in [0.29, 0.717) is 34.1 Å². The molecule has 1 unspecified atom stereocenters. The molecule has 0 aliphatic carbocycles. The zero-order valence-electron chi connectivity index (χ0n) is 39.2. The molecule has 0 bridgehead atoms. The van der Waals surface area contributed by atoms with Crippen LogP contribution in [0.25, 0.3) is 34.1 Å². The van der Waals surface area contributed by atoms with Gasteiger partial charge in [-0.15, -0.1) is 23.2 Å². The molecule has 3 aliphatic rings. The molecule has 0 spiro atoms. The molecule has 0 amide bonds. The minimum atomic E-state index is -1.56. The van der Waals surface area contributed by atoms with Crippen molar-refractivity contribution in [1.82, 2.24) is 0 Å². The van der Waals surface area contributed by atoms with Crippen LogP contribution in [-0.2, 0) is 23.7 Å². The highest BCUT2D eigenvalue weighted by atomic mass is 35.5. The lowest BCUT2D eigenvalue weighted by Gasteiger charge is -2.22. The van der Waals surface area contributed by atoms with Crippen LogP contribution in [0.15, 0.2) is 82.1 Å². The highest BCUT2D eigenvalue weighted by Crippen LogP contribution is 2.36. The zero-order valence-corrected chi connectivity index (χ0v) is 39.7. The summed E-state index contributed by atoms with van der Waals surface area (Å²) in [5.41, 5.74) is 3.54. The van der Waals surface area contributed by atoms with E-state index in [4.69, 9.17) is 52.4 Å². The second-order valence-electron chi connectivity index (χ2n) is 16.6. The monoisotopic (exact) mass is 958 g/mol. The molecule has 1 fully saturated rings. The van der Waals surface area contributed by atoms with Gasteiger partial charge in [-0.3, -0.25) is 4.79 Å². The predicted molar refractivity (Wildman–Crippen MR) is 259 cm³/mol. The van der Waals surface area contributed by atoms with Gasteiger partial charge in [-0.25, -0.2) is 9.59 Å². The summed E-state index contributed by atoms with van der Waals surface area (Å²) in [7, 11) is 1.25. The number of rotatable bonds is 1. The molecule has 4 N–H and O–H groups in total. The smallest absolute Gasteiger partial charge is 0.342 e. The second-order valence-corrected chi connectivity index (χ2v) is 17.9. The number of ether oxygens (including phenoxy) is 4. The average molecular weight is 960 g/mol. The number of hydrogen-bond donors (Lipinski definition) is 4. The van der Waals surface area contributed by atoms with Crippen LogP contribution in [-0.4, -0.2) is 91.5 Å². The normalized spacial score (nSPS) is 28.3. The molecular formula is C51H66Cl2O13. The Morgan fingerprint density at radius 3 is 1.86 bits per heavy atom. The number of hydrogen-bond acceptors (Lipinski definition) is 13. The standard InChI is InChI=1S/C25H30O6.C21H22O7.C3H6Cl2.2CH4/c1-14-9-10-19(26)23-20(30-25(4,5)31-23)8-6-7-18-17-11-12-28-21(17)13-15(2)22(18)24(27)29-16(14)3;1-11-6-7-16(23)20(25)15(22)5-3-4-14-13-8-9-27-18(13)10-17(24)19(14)21(26)28-12(11)2;1-2-3(4)5;;/h6-7,9-14,16,19-20,23,26H,8H2,1-5H3;3-4,6-12,15,20,22,24-25H,5H2,1-2H3;3H,2H2,1H3;2*1H4/b7-6?,10-9-;4-3+,7-6-;;;/t14-,16+,19?,20+,23-;11-,12+,15+,20+;;;/m11.../s1/i;;;1T;. The number of aromatic hydroxyl groups is 1. The Hall–Kier alpha value is -4.73. The number of cyclic esters (lactones) is 2. The minimum Gasteiger partial charge on any atom is -0.507 e. The third-order valence-electron chi connectivity index (χ3n) is 11.3. The highest BCUT2D eigenvalue weighted by molar-refractivity contribution is 6.44. The summed E-state index contributed by atoms with van der Waals surface area (Å²) in [6.07, 6.45) is 12.1. The van der Waals surface area contributed by atoms with Crippen molar-refractivity contribution in [2.24, 2.45) is 11.8 Å². The molecule has 3 aliphatic heterocycles. The van der Waals surface area contributed by atoms with Crippen molar-refractivity contribution in [1.29, 1.82) is 0 Å². The van der Waals surface area contributed by atoms with Crippen LogP contribution in [0.4, 0.5) is 0 Å². The number of esters is 2. The Kier molecular flexibility index (Phi) is 19.9. The minimum absolute atomic E-state index is 0. The first kappa shape index (κ1) is 53.9. The van der Waals surface area contributed by atoms with Gasteiger partial charge in [0.25, 0.3) is 0 Å². The first-order valence-corrected chi connectivity index (χ1v) is 22.2. The maximum Gasteiger partial charge on any atom is 0.342 e. The number of benzene rings is 2. The number of fused-ring (bicyclic) bond motifs is 7. The number of carbonyl (C=O) groups is 3. The Balaban J connectivity index is 0.000000309. The number of carbonyl (C=O) groups excluding carboxylic acids is 3. The van der Waals surface area contributed by atoms with Gasteiger partial charge in [0.15, 0.2) is 11.6 Å². The van der Waals surface area contributed by atoms with E-state index in [1.807, 2.05) is 71.9 Å². The summed E-state index contributed by atoms with van der Waals surface area (Å²) in [4.78, 5) is 37.8. The molecule has 0 radical (unpaired) electrons.